The summed E-state index contributed by atoms with van der Waals surface area (Å²) in [5, 5.41) is 0.696. The number of thiazole rings is 1. The highest BCUT2D eigenvalue weighted by Crippen LogP contribution is 2.24. The van der Waals surface area contributed by atoms with Gasteiger partial charge in [-0.3, -0.25) is 4.90 Å². The highest BCUT2D eigenvalue weighted by atomic mass is 32.1. The van der Waals surface area contributed by atoms with E-state index >= 15 is 0 Å². The first kappa shape index (κ1) is 13.3. The average molecular weight is 280 g/mol. The molecule has 4 nitrogen and oxygen atoms in total. The lowest BCUT2D eigenvalue weighted by Crippen LogP contribution is -2.42. The predicted molar refractivity (Wildman–Crippen MR) is 80.2 cm³/mol. The molecule has 2 aliphatic heterocycles. The summed E-state index contributed by atoms with van der Waals surface area (Å²) >= 11 is 1.63. The summed E-state index contributed by atoms with van der Waals surface area (Å²) in [5.41, 5.74) is 5.72. The Kier molecular flexibility index (Phi) is 4.35. The second kappa shape index (κ2) is 6.20. The minimum atomic E-state index is 0.696. The van der Waals surface area contributed by atoms with Crippen molar-refractivity contribution < 1.29 is 0 Å². The smallest absolute Gasteiger partial charge is 0.180 e. The predicted octanol–water partition coefficient (Wildman–Crippen LogP) is 2.18. The van der Waals surface area contributed by atoms with E-state index in [2.05, 4.69) is 14.8 Å². The van der Waals surface area contributed by atoms with Crippen LogP contribution >= 0.6 is 11.3 Å². The molecule has 0 bridgehead atoms. The Morgan fingerprint density at radius 3 is 2.79 bits per heavy atom. The van der Waals surface area contributed by atoms with Crippen LogP contribution < -0.4 is 5.73 Å². The van der Waals surface area contributed by atoms with E-state index in [4.69, 9.17) is 5.73 Å². The molecule has 0 saturated carbocycles. The molecular weight excluding hydrogens is 256 g/mol. The van der Waals surface area contributed by atoms with Gasteiger partial charge in [0.15, 0.2) is 5.13 Å². The van der Waals surface area contributed by atoms with Crippen LogP contribution in [0.25, 0.3) is 0 Å². The quantitative estimate of drug-likeness (QED) is 0.918. The van der Waals surface area contributed by atoms with Gasteiger partial charge in [0.05, 0.1) is 0 Å². The molecule has 106 valence electrons. The number of nitrogen functional groups attached to an aromatic ring is 1. The van der Waals surface area contributed by atoms with Gasteiger partial charge >= 0.3 is 0 Å². The largest absolute Gasteiger partial charge is 0.375 e. The Labute approximate surface area is 119 Å². The monoisotopic (exact) mass is 280 g/mol. The van der Waals surface area contributed by atoms with Gasteiger partial charge in [-0.1, -0.05) is 6.42 Å². The van der Waals surface area contributed by atoms with Crippen LogP contribution in [-0.4, -0.2) is 47.0 Å². The van der Waals surface area contributed by atoms with Crippen molar-refractivity contribution in [3.8, 4) is 0 Å². The second-order valence-corrected chi connectivity index (χ2v) is 6.94. The maximum absolute atomic E-state index is 5.72. The molecule has 19 heavy (non-hydrogen) atoms. The van der Waals surface area contributed by atoms with Crippen LogP contribution in [0.5, 0.6) is 0 Å². The molecule has 0 aromatic carbocycles. The lowest BCUT2D eigenvalue weighted by Gasteiger charge is -2.32. The van der Waals surface area contributed by atoms with E-state index in [9.17, 15) is 0 Å². The summed E-state index contributed by atoms with van der Waals surface area (Å²) in [6.07, 6.45) is 8.83. The third-order valence-corrected chi connectivity index (χ3v) is 5.16. The molecule has 3 rings (SSSR count). The van der Waals surface area contributed by atoms with Crippen molar-refractivity contribution in [2.24, 2.45) is 0 Å². The number of piperidine rings is 1. The Morgan fingerprint density at radius 1 is 1.21 bits per heavy atom. The van der Waals surface area contributed by atoms with Gasteiger partial charge < -0.3 is 10.6 Å². The molecule has 1 unspecified atom stereocenters. The molecule has 0 amide bonds. The molecular formula is C14H24N4S. The van der Waals surface area contributed by atoms with Gasteiger partial charge in [-0.25, -0.2) is 4.98 Å². The molecule has 2 N–H and O–H groups in total. The van der Waals surface area contributed by atoms with Crippen molar-refractivity contribution in [3.05, 3.63) is 11.1 Å². The number of hydrogen-bond donors (Lipinski definition) is 1. The van der Waals surface area contributed by atoms with E-state index < -0.39 is 0 Å². The van der Waals surface area contributed by atoms with Crippen LogP contribution in [0.1, 0.15) is 37.0 Å². The maximum Gasteiger partial charge on any atom is 0.180 e. The summed E-state index contributed by atoms with van der Waals surface area (Å²) in [5.74, 6) is 0. The Hall–Kier alpha value is -0.650. The lowest BCUT2D eigenvalue weighted by molar-refractivity contribution is 0.150. The van der Waals surface area contributed by atoms with E-state index in [0.717, 1.165) is 12.6 Å². The molecule has 0 radical (unpaired) electrons. The maximum atomic E-state index is 5.72. The van der Waals surface area contributed by atoms with Crippen LogP contribution in [0.4, 0.5) is 5.13 Å². The van der Waals surface area contributed by atoms with E-state index in [1.54, 1.807) is 11.3 Å². The molecule has 0 spiro atoms. The molecule has 3 heterocycles. The van der Waals surface area contributed by atoms with Gasteiger partial charge in [-0.05, 0) is 45.3 Å². The average Bonchev–Trinajstić information content (AvgIpc) is 3.01. The zero-order valence-electron chi connectivity index (χ0n) is 11.6. The summed E-state index contributed by atoms with van der Waals surface area (Å²) in [4.78, 5) is 10.8. The van der Waals surface area contributed by atoms with E-state index in [0.29, 0.717) is 5.13 Å². The van der Waals surface area contributed by atoms with Crippen molar-refractivity contribution in [1.82, 2.24) is 14.8 Å². The fraction of sp³-hybridized carbons (Fsp3) is 0.786. The van der Waals surface area contributed by atoms with Gasteiger partial charge in [0.2, 0.25) is 0 Å². The summed E-state index contributed by atoms with van der Waals surface area (Å²) < 4.78 is 0. The standard InChI is InChI=1S/C14H24N4S/c15-14-16-9-13(19-14)11-18-8-4-5-12(18)10-17-6-2-1-3-7-17/h9,12H,1-8,10-11H2,(H2,15,16). The molecule has 1 atom stereocenters. The highest BCUT2D eigenvalue weighted by Gasteiger charge is 2.27. The van der Waals surface area contributed by atoms with E-state index in [1.807, 2.05) is 6.20 Å². The van der Waals surface area contributed by atoms with Crippen LogP contribution in [-0.2, 0) is 6.54 Å². The third kappa shape index (κ3) is 3.46. The van der Waals surface area contributed by atoms with Gasteiger partial charge in [0.25, 0.3) is 0 Å². The van der Waals surface area contributed by atoms with Crippen LogP contribution in [0.3, 0.4) is 0 Å². The number of hydrogen-bond acceptors (Lipinski definition) is 5. The summed E-state index contributed by atoms with van der Waals surface area (Å²) in [6, 6.07) is 0.737. The highest BCUT2D eigenvalue weighted by molar-refractivity contribution is 7.15. The lowest BCUT2D eigenvalue weighted by atomic mass is 10.1. The van der Waals surface area contributed by atoms with Gasteiger partial charge in [-0.15, -0.1) is 11.3 Å². The van der Waals surface area contributed by atoms with Crippen LogP contribution in [0.15, 0.2) is 6.20 Å². The summed E-state index contributed by atoms with van der Waals surface area (Å²) in [7, 11) is 0. The zero-order chi connectivity index (χ0) is 13.1. The minimum absolute atomic E-state index is 0.696. The number of aromatic nitrogens is 1. The number of nitrogens with two attached hydrogens (primary N) is 1. The van der Waals surface area contributed by atoms with Crippen LogP contribution in [0, 0.1) is 0 Å². The van der Waals surface area contributed by atoms with Crippen LogP contribution in [0.2, 0.25) is 0 Å². The fourth-order valence-electron chi connectivity index (χ4n) is 3.35. The van der Waals surface area contributed by atoms with E-state index in [1.165, 1.54) is 63.2 Å². The van der Waals surface area contributed by atoms with Gasteiger partial charge in [-0.2, -0.15) is 0 Å². The normalized spacial score (nSPS) is 26.0. The Morgan fingerprint density at radius 2 is 2.05 bits per heavy atom. The molecule has 2 aliphatic rings. The Bertz CT molecular complexity index is 400. The first-order valence-electron chi connectivity index (χ1n) is 7.48. The fourth-order valence-corrected chi connectivity index (χ4v) is 4.06. The number of likely N-dealkylation sites (tertiary alicyclic amines) is 2. The SMILES string of the molecule is Nc1ncc(CN2CCCC2CN2CCCCC2)s1. The molecule has 0 aliphatic carbocycles. The van der Waals surface area contributed by atoms with E-state index in [-0.39, 0.29) is 0 Å². The van der Waals surface area contributed by atoms with Crippen molar-refractivity contribution >= 4 is 16.5 Å². The first-order valence-corrected chi connectivity index (χ1v) is 8.29. The van der Waals surface area contributed by atoms with Crippen molar-refractivity contribution in [2.45, 2.75) is 44.7 Å². The van der Waals surface area contributed by atoms with Gasteiger partial charge in [0.1, 0.15) is 0 Å². The Balaban J connectivity index is 1.55. The number of nitrogens with zero attached hydrogens (tertiary/aromatic N) is 3. The summed E-state index contributed by atoms with van der Waals surface area (Å²) in [6.45, 7) is 6.13. The van der Waals surface area contributed by atoms with Crippen molar-refractivity contribution in [2.75, 3.05) is 31.9 Å². The third-order valence-electron chi connectivity index (χ3n) is 4.35. The number of anilines is 1. The molecule has 2 saturated heterocycles. The second-order valence-electron chi connectivity index (χ2n) is 5.79. The topological polar surface area (TPSA) is 45.4 Å². The minimum Gasteiger partial charge on any atom is -0.375 e. The zero-order valence-corrected chi connectivity index (χ0v) is 12.4. The van der Waals surface area contributed by atoms with Crippen molar-refractivity contribution in [1.29, 1.82) is 0 Å². The first-order chi connectivity index (χ1) is 9.31. The molecule has 2 fully saturated rings. The molecule has 5 heteroatoms. The molecule has 1 aromatic heterocycles. The number of rotatable bonds is 4. The van der Waals surface area contributed by atoms with Crippen molar-refractivity contribution in [3.63, 3.8) is 0 Å². The molecule has 1 aromatic rings. The van der Waals surface area contributed by atoms with Gasteiger partial charge in [0, 0.05) is 30.2 Å².